The summed E-state index contributed by atoms with van der Waals surface area (Å²) in [6.07, 6.45) is 8.15. The molecule has 24 nitrogen and oxygen atoms in total. The summed E-state index contributed by atoms with van der Waals surface area (Å²) in [6.45, 7) is 6.77. The molecule has 0 aromatic carbocycles. The molecule has 0 fully saturated rings. The second-order valence-corrected chi connectivity index (χ2v) is 14.4. The molecule has 26 heteroatoms. The molecule has 5 N–H and O–H groups in total. The smallest absolute Gasteiger partial charge is 0.343 e. The summed E-state index contributed by atoms with van der Waals surface area (Å²) in [7, 11) is 1.25. The topological polar surface area (TPSA) is 314 Å². The van der Waals surface area contributed by atoms with Gasteiger partial charge >= 0.3 is 5.97 Å². The number of ketones is 1. The lowest BCUT2D eigenvalue weighted by Gasteiger charge is -2.06. The molecule has 0 saturated heterocycles. The zero-order valence-electron chi connectivity index (χ0n) is 33.0. The number of aliphatic hydroxyl groups is 1. The number of carbonyl (C=O) groups is 2. The van der Waals surface area contributed by atoms with Crippen LogP contribution in [0, 0.1) is 13.8 Å². The lowest BCUT2D eigenvalue weighted by Crippen LogP contribution is -2.09. The fourth-order valence-electron chi connectivity index (χ4n) is 5.73. The Balaban J connectivity index is 1.28. The molecule has 0 atom stereocenters. The van der Waals surface area contributed by atoms with Crippen LogP contribution in [0.2, 0.25) is 0 Å². The van der Waals surface area contributed by atoms with Crippen LogP contribution in [0.15, 0.2) is 45.2 Å². The van der Waals surface area contributed by atoms with Crippen LogP contribution in [0.4, 0.5) is 34.6 Å². The van der Waals surface area contributed by atoms with Gasteiger partial charge in [-0.3, -0.25) is 4.79 Å². The molecule has 310 valence electrons. The number of aromatic nitrogens is 14. The number of unbranched alkanes of at least 4 members (excludes halogenated alkanes) is 2. The highest BCUT2D eigenvalue weighted by atomic mass is 32.1. The maximum atomic E-state index is 12.7. The number of aliphatic hydroxyl groups excluding tert-OH is 1. The molecule has 0 unspecified atom stereocenters. The monoisotopic (exact) mass is 854 g/mol. The molecule has 0 aliphatic heterocycles. The number of ether oxygens (including phenoxy) is 1. The van der Waals surface area contributed by atoms with E-state index >= 15 is 0 Å². The van der Waals surface area contributed by atoms with Gasteiger partial charge in [0.1, 0.15) is 30.1 Å². The van der Waals surface area contributed by atoms with E-state index in [1.807, 2.05) is 13.8 Å². The Bertz CT molecular complexity index is 2560. The van der Waals surface area contributed by atoms with E-state index in [1.165, 1.54) is 44.6 Å². The number of anilines is 2. The highest BCUT2D eigenvalue weighted by molar-refractivity contribution is 7.08. The first-order chi connectivity index (χ1) is 29.1. The van der Waals surface area contributed by atoms with Gasteiger partial charge in [-0.2, -0.15) is 47.9 Å². The second-order valence-electron chi connectivity index (χ2n) is 12.9. The molecule has 0 amide bonds. The summed E-state index contributed by atoms with van der Waals surface area (Å²) in [5.74, 6) is 0.566. The summed E-state index contributed by atoms with van der Waals surface area (Å²) in [6, 6.07) is 1.59. The van der Waals surface area contributed by atoms with Crippen molar-refractivity contribution in [3.8, 4) is 21.9 Å². The molecule has 7 rings (SSSR count). The number of nitrogens with zero attached hydrogens (tertiary/aromatic N) is 18. The van der Waals surface area contributed by atoms with Crippen LogP contribution in [-0.2, 0) is 17.6 Å². The Morgan fingerprint density at radius 3 is 1.67 bits per heavy atom. The fraction of sp³-hybridized carbons (Fsp3) is 0.353. The van der Waals surface area contributed by atoms with Crippen molar-refractivity contribution >= 4 is 69.5 Å². The third-order valence-electron chi connectivity index (χ3n) is 8.76. The molecule has 0 spiro atoms. The van der Waals surface area contributed by atoms with Crippen LogP contribution in [0.3, 0.4) is 0 Å². The molecule has 7 aromatic heterocycles. The minimum Gasteiger partial charge on any atom is -0.465 e. The Hall–Kier alpha value is -7.06. The van der Waals surface area contributed by atoms with Crippen molar-refractivity contribution < 1.29 is 19.4 Å². The van der Waals surface area contributed by atoms with Gasteiger partial charge in [0, 0.05) is 29.1 Å². The van der Waals surface area contributed by atoms with Crippen molar-refractivity contribution in [3.63, 3.8) is 0 Å². The van der Waals surface area contributed by atoms with Gasteiger partial charge in [0.15, 0.2) is 52.1 Å². The predicted molar refractivity (Wildman–Crippen MR) is 217 cm³/mol. The molecular formula is C34H38N20O4S2. The molecule has 0 aliphatic carbocycles. The van der Waals surface area contributed by atoms with Crippen LogP contribution in [0.1, 0.15) is 83.3 Å². The van der Waals surface area contributed by atoms with Crippen LogP contribution < -0.4 is 11.5 Å². The largest absolute Gasteiger partial charge is 0.465 e. The van der Waals surface area contributed by atoms with Crippen LogP contribution in [0.25, 0.3) is 21.9 Å². The third-order valence-corrected chi connectivity index (χ3v) is 10.3. The van der Waals surface area contributed by atoms with Gasteiger partial charge in [-0.1, -0.05) is 26.7 Å². The first-order valence-electron chi connectivity index (χ1n) is 18.5. The SMILES string of the molecule is CCCCc1nn(-c2cc(-n3nc(CCCC)c(N=Nc4c(C(=O)OC)cnn4-c4nc(C)ns4)c3N)ncn2)c(N)c1N=Nc1c(C(=O)CO)cnn1-c1nc(C)ns1. The van der Waals surface area contributed by atoms with E-state index in [-0.39, 0.29) is 57.4 Å². The first-order valence-corrected chi connectivity index (χ1v) is 20.0. The minimum atomic E-state index is -0.764. The van der Waals surface area contributed by atoms with Crippen molar-refractivity contribution in [3.05, 3.63) is 59.0 Å². The maximum Gasteiger partial charge on any atom is 0.343 e. The first kappa shape index (κ1) is 41.1. The number of nitrogens with two attached hydrogens (primary N) is 2. The van der Waals surface area contributed by atoms with E-state index in [4.69, 9.17) is 26.4 Å². The molecule has 0 saturated carbocycles. The minimum absolute atomic E-state index is 0.0328. The number of hydrogen-bond donors (Lipinski definition) is 3. The molecule has 60 heavy (non-hydrogen) atoms. The number of carbonyl (C=O) groups excluding carboxylic acids is 2. The van der Waals surface area contributed by atoms with Gasteiger partial charge in [-0.25, -0.2) is 24.7 Å². The Morgan fingerprint density at radius 1 is 0.750 bits per heavy atom. The average molecular weight is 855 g/mol. The number of esters is 1. The highest BCUT2D eigenvalue weighted by Gasteiger charge is 2.25. The highest BCUT2D eigenvalue weighted by Crippen LogP contribution is 2.36. The van der Waals surface area contributed by atoms with Gasteiger partial charge in [0.05, 0.1) is 36.5 Å². The fourth-order valence-corrected chi connectivity index (χ4v) is 7.01. The molecule has 0 bridgehead atoms. The summed E-state index contributed by atoms with van der Waals surface area (Å²) in [4.78, 5) is 43.0. The summed E-state index contributed by atoms with van der Waals surface area (Å²) < 4.78 is 18.9. The quantitative estimate of drug-likeness (QED) is 0.0603. The standard InChI is InChI=1S/C34H38N20O4S2/c1-6-8-10-21-26(43-45-30-19(23(56)15-55)13-39-53(30)33-41-17(3)49-59-33)28(35)51(47-21)24-12-25(38-16-37-24)52-29(36)27(22(48-52)11-9-7-2)44-46-31-20(32(57)58-5)14-40-54(31)34-42-18(4)50-60-34/h12-14,16,55H,6-11,15,35-36H2,1-5H3. The molecule has 7 aromatic rings. The number of nitrogen functional groups attached to an aromatic ring is 2. The summed E-state index contributed by atoms with van der Waals surface area (Å²) in [5, 5.41) is 46.3. The average Bonchev–Trinajstić information content (AvgIpc) is 4.12. The molecule has 0 radical (unpaired) electrons. The Labute approximate surface area is 348 Å². The van der Waals surface area contributed by atoms with Crippen molar-refractivity contribution in [2.24, 2.45) is 20.5 Å². The van der Waals surface area contributed by atoms with E-state index in [2.05, 4.69) is 59.3 Å². The van der Waals surface area contributed by atoms with Gasteiger partial charge < -0.3 is 21.3 Å². The van der Waals surface area contributed by atoms with E-state index in [0.29, 0.717) is 46.1 Å². The van der Waals surface area contributed by atoms with Gasteiger partial charge in [0.25, 0.3) is 0 Å². The van der Waals surface area contributed by atoms with Crippen molar-refractivity contribution in [2.75, 3.05) is 25.2 Å². The molecule has 7 heterocycles. The van der Waals surface area contributed by atoms with Crippen molar-refractivity contribution in [1.29, 1.82) is 0 Å². The van der Waals surface area contributed by atoms with Gasteiger partial charge in [-0.05, 0) is 39.5 Å². The lowest BCUT2D eigenvalue weighted by molar-refractivity contribution is 0.0601. The zero-order chi connectivity index (χ0) is 42.5. The van der Waals surface area contributed by atoms with Gasteiger partial charge in [0.2, 0.25) is 10.3 Å². The van der Waals surface area contributed by atoms with E-state index in [9.17, 15) is 14.7 Å². The van der Waals surface area contributed by atoms with E-state index < -0.39 is 18.4 Å². The van der Waals surface area contributed by atoms with E-state index in [1.54, 1.807) is 19.9 Å². The van der Waals surface area contributed by atoms with Crippen molar-refractivity contribution in [2.45, 2.75) is 66.2 Å². The molecular weight excluding hydrogens is 817 g/mol. The normalized spacial score (nSPS) is 11.8. The number of methoxy groups -OCH3 is 1. The number of rotatable bonds is 17. The van der Waals surface area contributed by atoms with E-state index in [0.717, 1.165) is 48.7 Å². The van der Waals surface area contributed by atoms with Crippen LogP contribution in [-0.4, -0.2) is 98.4 Å². The summed E-state index contributed by atoms with van der Waals surface area (Å²) in [5.41, 5.74) is 15.1. The Kier molecular flexibility index (Phi) is 12.2. The third kappa shape index (κ3) is 8.14. The summed E-state index contributed by atoms with van der Waals surface area (Å²) >= 11 is 2.13. The van der Waals surface area contributed by atoms with Crippen LogP contribution >= 0.6 is 23.1 Å². The predicted octanol–water partition coefficient (Wildman–Crippen LogP) is 5.18. The van der Waals surface area contributed by atoms with Crippen LogP contribution in [0.5, 0.6) is 0 Å². The number of Topliss-reactive ketones (excluding diaryl/α,β-unsaturated/α-hetero) is 1. The van der Waals surface area contributed by atoms with Gasteiger partial charge in [-0.15, -0.1) is 20.5 Å². The maximum absolute atomic E-state index is 12.7. The number of aryl methyl sites for hydroxylation is 4. The van der Waals surface area contributed by atoms with Crippen molar-refractivity contribution in [1.82, 2.24) is 67.8 Å². The number of azo groups is 2. The molecule has 0 aliphatic rings. The Morgan fingerprint density at radius 2 is 1.23 bits per heavy atom. The zero-order valence-corrected chi connectivity index (χ0v) is 34.6. The lowest BCUT2D eigenvalue weighted by atomic mass is 10.2. The number of hydrogen-bond acceptors (Lipinski definition) is 22. The second kappa shape index (κ2) is 17.8.